The summed E-state index contributed by atoms with van der Waals surface area (Å²) in [5, 5.41) is 2.95. The highest BCUT2D eigenvalue weighted by atomic mass is 16.7. The normalized spacial score (nSPS) is 19.7. The Kier molecular flexibility index (Phi) is 3.42. The monoisotopic (exact) mass is 276 g/mol. The molecule has 2 heterocycles. The fraction of sp³-hybridized carbons (Fsp3) is 0.533. The molecule has 0 aromatic heterocycles. The lowest BCUT2D eigenvalue weighted by molar-refractivity contribution is 0.172. The molecule has 5 heteroatoms. The molecule has 3 rings (SSSR count). The SMILES string of the molecule is CCCNC(=O)N1CCc2cc3c(cc2C1C)OCO3. The van der Waals surface area contributed by atoms with Crippen molar-refractivity contribution < 1.29 is 14.3 Å². The van der Waals surface area contributed by atoms with E-state index in [1.54, 1.807) is 0 Å². The van der Waals surface area contributed by atoms with E-state index < -0.39 is 0 Å². The number of hydrogen-bond acceptors (Lipinski definition) is 3. The van der Waals surface area contributed by atoms with Gasteiger partial charge in [-0.3, -0.25) is 0 Å². The maximum Gasteiger partial charge on any atom is 0.317 e. The maximum atomic E-state index is 12.2. The van der Waals surface area contributed by atoms with Crippen LogP contribution in [0.4, 0.5) is 4.79 Å². The predicted octanol–water partition coefficient (Wildman–Crippen LogP) is 2.45. The van der Waals surface area contributed by atoms with Crippen LogP contribution >= 0.6 is 0 Å². The van der Waals surface area contributed by atoms with E-state index in [-0.39, 0.29) is 18.9 Å². The zero-order valence-electron chi connectivity index (χ0n) is 11.9. The molecule has 2 aliphatic heterocycles. The van der Waals surface area contributed by atoms with Crippen LogP contribution in [0.3, 0.4) is 0 Å². The first-order valence-corrected chi connectivity index (χ1v) is 7.17. The summed E-state index contributed by atoms with van der Waals surface area (Å²) in [5.41, 5.74) is 2.41. The number of urea groups is 1. The van der Waals surface area contributed by atoms with Crippen LogP contribution in [0.2, 0.25) is 0 Å². The average Bonchev–Trinajstić information content (AvgIpc) is 2.90. The molecule has 0 aliphatic carbocycles. The van der Waals surface area contributed by atoms with Gasteiger partial charge in [0.25, 0.3) is 0 Å². The smallest absolute Gasteiger partial charge is 0.317 e. The molecule has 108 valence electrons. The molecular formula is C15H20N2O3. The molecule has 0 spiro atoms. The molecule has 1 aromatic carbocycles. The van der Waals surface area contributed by atoms with Crippen molar-refractivity contribution in [1.82, 2.24) is 10.2 Å². The van der Waals surface area contributed by atoms with E-state index in [0.717, 1.165) is 43.0 Å². The summed E-state index contributed by atoms with van der Waals surface area (Å²) >= 11 is 0. The van der Waals surface area contributed by atoms with Crippen LogP contribution in [0.25, 0.3) is 0 Å². The fourth-order valence-electron chi connectivity index (χ4n) is 2.82. The van der Waals surface area contributed by atoms with E-state index >= 15 is 0 Å². The summed E-state index contributed by atoms with van der Waals surface area (Å²) in [6.45, 7) is 5.86. The lowest BCUT2D eigenvalue weighted by Crippen LogP contribution is -2.45. The van der Waals surface area contributed by atoms with Gasteiger partial charge in [0.15, 0.2) is 11.5 Å². The Bertz CT molecular complexity index is 530. The third-order valence-corrected chi connectivity index (χ3v) is 3.96. The van der Waals surface area contributed by atoms with E-state index in [1.165, 1.54) is 5.56 Å². The molecule has 0 saturated carbocycles. The van der Waals surface area contributed by atoms with Crippen LogP contribution in [-0.2, 0) is 6.42 Å². The first-order chi connectivity index (χ1) is 9.70. The molecule has 0 radical (unpaired) electrons. The van der Waals surface area contributed by atoms with Crippen molar-refractivity contribution in [3.63, 3.8) is 0 Å². The molecular weight excluding hydrogens is 256 g/mol. The van der Waals surface area contributed by atoms with Crippen LogP contribution in [-0.4, -0.2) is 30.8 Å². The van der Waals surface area contributed by atoms with Gasteiger partial charge in [0, 0.05) is 13.1 Å². The fourth-order valence-corrected chi connectivity index (χ4v) is 2.82. The van der Waals surface area contributed by atoms with Gasteiger partial charge in [-0.05, 0) is 43.0 Å². The molecule has 1 aromatic rings. The van der Waals surface area contributed by atoms with Gasteiger partial charge < -0.3 is 19.7 Å². The second kappa shape index (κ2) is 5.23. The number of benzene rings is 1. The minimum absolute atomic E-state index is 0.0164. The summed E-state index contributed by atoms with van der Waals surface area (Å²) < 4.78 is 10.8. The highest BCUT2D eigenvalue weighted by Gasteiger charge is 2.29. The van der Waals surface area contributed by atoms with Crippen molar-refractivity contribution in [2.45, 2.75) is 32.7 Å². The van der Waals surface area contributed by atoms with Crippen molar-refractivity contribution >= 4 is 6.03 Å². The number of amides is 2. The number of hydrogen-bond donors (Lipinski definition) is 1. The van der Waals surface area contributed by atoms with Crippen molar-refractivity contribution in [2.24, 2.45) is 0 Å². The van der Waals surface area contributed by atoms with Crippen molar-refractivity contribution in [3.05, 3.63) is 23.3 Å². The minimum atomic E-state index is 0.0164. The highest BCUT2D eigenvalue weighted by molar-refractivity contribution is 5.75. The molecule has 2 amide bonds. The quantitative estimate of drug-likeness (QED) is 0.902. The van der Waals surface area contributed by atoms with Gasteiger partial charge in [0.05, 0.1) is 6.04 Å². The molecule has 0 saturated heterocycles. The Balaban J connectivity index is 1.83. The Morgan fingerprint density at radius 3 is 2.90 bits per heavy atom. The summed E-state index contributed by atoms with van der Waals surface area (Å²) in [6, 6.07) is 4.14. The van der Waals surface area contributed by atoms with E-state index in [2.05, 4.69) is 25.2 Å². The van der Waals surface area contributed by atoms with Crippen molar-refractivity contribution in [2.75, 3.05) is 19.9 Å². The summed E-state index contributed by atoms with van der Waals surface area (Å²) in [7, 11) is 0. The molecule has 0 bridgehead atoms. The van der Waals surface area contributed by atoms with Gasteiger partial charge in [0.1, 0.15) is 0 Å². The Morgan fingerprint density at radius 2 is 2.15 bits per heavy atom. The highest BCUT2D eigenvalue weighted by Crippen LogP contribution is 2.40. The molecule has 20 heavy (non-hydrogen) atoms. The maximum absolute atomic E-state index is 12.2. The largest absolute Gasteiger partial charge is 0.454 e. The van der Waals surface area contributed by atoms with Gasteiger partial charge in [0.2, 0.25) is 6.79 Å². The zero-order chi connectivity index (χ0) is 14.1. The van der Waals surface area contributed by atoms with Crippen molar-refractivity contribution in [3.8, 4) is 11.5 Å². The number of rotatable bonds is 2. The van der Waals surface area contributed by atoms with E-state index in [9.17, 15) is 4.79 Å². The molecule has 1 unspecified atom stereocenters. The number of nitrogens with one attached hydrogen (secondary N) is 1. The van der Waals surface area contributed by atoms with Crippen LogP contribution in [0.5, 0.6) is 11.5 Å². The topological polar surface area (TPSA) is 50.8 Å². The first-order valence-electron chi connectivity index (χ1n) is 7.17. The number of carbonyl (C=O) groups excluding carboxylic acids is 1. The van der Waals surface area contributed by atoms with Gasteiger partial charge >= 0.3 is 6.03 Å². The van der Waals surface area contributed by atoms with Gasteiger partial charge in [-0.2, -0.15) is 0 Å². The third-order valence-electron chi connectivity index (χ3n) is 3.96. The average molecular weight is 276 g/mol. The summed E-state index contributed by atoms with van der Waals surface area (Å²) in [4.78, 5) is 14.1. The molecule has 5 nitrogen and oxygen atoms in total. The number of carbonyl (C=O) groups is 1. The standard InChI is InChI=1S/C15H20N2O3/c1-3-5-16-15(18)17-6-4-11-7-13-14(20-9-19-13)8-12(11)10(17)2/h7-8,10H,3-6,9H2,1-2H3,(H,16,18). The second-order valence-electron chi connectivity index (χ2n) is 5.26. The Hall–Kier alpha value is -1.91. The Morgan fingerprint density at radius 1 is 1.40 bits per heavy atom. The predicted molar refractivity (Wildman–Crippen MR) is 75.1 cm³/mol. The molecule has 2 aliphatic rings. The van der Waals surface area contributed by atoms with Crippen LogP contribution in [0.1, 0.15) is 37.4 Å². The lowest BCUT2D eigenvalue weighted by atomic mass is 9.93. The second-order valence-corrected chi connectivity index (χ2v) is 5.26. The summed E-state index contributed by atoms with van der Waals surface area (Å²) in [6.07, 6.45) is 1.80. The molecule has 1 N–H and O–H groups in total. The van der Waals surface area contributed by atoms with E-state index in [1.807, 2.05) is 11.0 Å². The third kappa shape index (κ3) is 2.17. The Labute approximate surface area is 118 Å². The van der Waals surface area contributed by atoms with Gasteiger partial charge in [-0.25, -0.2) is 4.79 Å². The van der Waals surface area contributed by atoms with Gasteiger partial charge in [-0.15, -0.1) is 0 Å². The van der Waals surface area contributed by atoms with Crippen LogP contribution in [0.15, 0.2) is 12.1 Å². The van der Waals surface area contributed by atoms with Crippen LogP contribution < -0.4 is 14.8 Å². The lowest BCUT2D eigenvalue weighted by Gasteiger charge is -2.35. The number of nitrogens with zero attached hydrogens (tertiary/aromatic N) is 1. The molecule has 0 fully saturated rings. The summed E-state index contributed by atoms with van der Waals surface area (Å²) in [5.74, 6) is 1.60. The first kappa shape index (κ1) is 13.1. The van der Waals surface area contributed by atoms with E-state index in [4.69, 9.17) is 9.47 Å². The van der Waals surface area contributed by atoms with Crippen molar-refractivity contribution in [1.29, 1.82) is 0 Å². The zero-order valence-corrected chi connectivity index (χ0v) is 11.9. The molecule has 1 atom stereocenters. The van der Waals surface area contributed by atoms with E-state index in [0.29, 0.717) is 0 Å². The number of fused-ring (bicyclic) bond motifs is 2. The van der Waals surface area contributed by atoms with Gasteiger partial charge in [-0.1, -0.05) is 6.92 Å². The number of ether oxygens (including phenoxy) is 2. The van der Waals surface area contributed by atoms with Crippen LogP contribution in [0, 0.1) is 0 Å². The minimum Gasteiger partial charge on any atom is -0.454 e.